The van der Waals surface area contributed by atoms with Crippen molar-refractivity contribution in [1.29, 1.82) is 0 Å². The van der Waals surface area contributed by atoms with Gasteiger partial charge in [0.15, 0.2) is 0 Å². The van der Waals surface area contributed by atoms with Crippen LogP contribution in [0.2, 0.25) is 0 Å². The Balaban J connectivity index is 2.35. The predicted molar refractivity (Wildman–Crippen MR) is 73.8 cm³/mol. The maximum Gasteiger partial charge on any atom is 0.0436 e. The van der Waals surface area contributed by atoms with Crippen molar-refractivity contribution in [3.05, 3.63) is 42.5 Å². The number of aliphatic hydroxyl groups is 1. The Hall–Kier alpha value is -1.12. The fraction of sp³-hybridized carbons (Fsp3) is 0.467. The highest BCUT2D eigenvalue weighted by atomic mass is 16.3. The molecule has 0 radical (unpaired) electrons. The highest BCUT2D eigenvalue weighted by Crippen LogP contribution is 2.18. The van der Waals surface area contributed by atoms with Gasteiger partial charge in [0.1, 0.15) is 0 Å². The van der Waals surface area contributed by atoms with E-state index in [1.54, 1.807) is 0 Å². The molecule has 0 saturated heterocycles. The number of rotatable bonds is 7. The zero-order valence-corrected chi connectivity index (χ0v) is 10.9. The van der Waals surface area contributed by atoms with Crippen LogP contribution in [0.3, 0.4) is 0 Å². The first-order chi connectivity index (χ1) is 8.05. The summed E-state index contributed by atoms with van der Waals surface area (Å²) in [5, 5.41) is 12.3. The van der Waals surface area contributed by atoms with Crippen molar-refractivity contribution < 1.29 is 5.11 Å². The van der Waals surface area contributed by atoms with Crippen molar-refractivity contribution in [3.63, 3.8) is 0 Å². The average molecular weight is 233 g/mol. The van der Waals surface area contributed by atoms with E-state index in [0.717, 1.165) is 25.1 Å². The molecule has 2 nitrogen and oxygen atoms in total. The molecule has 0 aliphatic rings. The molecule has 2 N–H and O–H groups in total. The molecule has 1 aromatic rings. The molecule has 0 atom stereocenters. The molecule has 0 fully saturated rings. The molecular weight excluding hydrogens is 210 g/mol. The zero-order chi connectivity index (χ0) is 12.7. The van der Waals surface area contributed by atoms with Crippen molar-refractivity contribution in [2.45, 2.75) is 20.3 Å². The number of aliphatic hydroxyl groups excluding tert-OH is 1. The number of hydrogen-bond acceptors (Lipinski definition) is 2. The molecule has 17 heavy (non-hydrogen) atoms. The Kier molecular flexibility index (Phi) is 5.39. The molecule has 1 aromatic carbocycles. The Morgan fingerprint density at radius 1 is 1.29 bits per heavy atom. The summed E-state index contributed by atoms with van der Waals surface area (Å²) in [6.45, 7) is 10.3. The smallest absolute Gasteiger partial charge is 0.0436 e. The average Bonchev–Trinajstić information content (AvgIpc) is 2.29. The molecule has 0 saturated carbocycles. The van der Waals surface area contributed by atoms with Crippen LogP contribution in [0.25, 0.3) is 5.57 Å². The van der Waals surface area contributed by atoms with Gasteiger partial charge in [-0.25, -0.2) is 0 Å². The van der Waals surface area contributed by atoms with Crippen LogP contribution in [0.4, 0.5) is 0 Å². The van der Waals surface area contributed by atoms with Gasteiger partial charge in [-0.05, 0) is 23.0 Å². The van der Waals surface area contributed by atoms with Crippen LogP contribution < -0.4 is 5.32 Å². The topological polar surface area (TPSA) is 32.3 Å². The van der Waals surface area contributed by atoms with Crippen molar-refractivity contribution in [3.8, 4) is 0 Å². The molecule has 2 heteroatoms. The molecule has 0 aliphatic carbocycles. The second-order valence-electron chi connectivity index (χ2n) is 5.21. The number of hydrogen-bond donors (Lipinski definition) is 2. The zero-order valence-electron chi connectivity index (χ0n) is 10.9. The fourth-order valence-corrected chi connectivity index (χ4v) is 1.72. The maximum absolute atomic E-state index is 8.94. The van der Waals surface area contributed by atoms with Gasteiger partial charge in [0, 0.05) is 19.7 Å². The molecule has 0 heterocycles. The van der Waals surface area contributed by atoms with E-state index in [9.17, 15) is 0 Å². The highest BCUT2D eigenvalue weighted by molar-refractivity contribution is 5.64. The van der Waals surface area contributed by atoms with Crippen molar-refractivity contribution in [2.75, 3.05) is 19.7 Å². The molecule has 0 unspecified atom stereocenters. The third-order valence-corrected chi connectivity index (χ3v) is 2.91. The van der Waals surface area contributed by atoms with E-state index in [1.807, 2.05) is 18.2 Å². The van der Waals surface area contributed by atoms with E-state index in [1.165, 1.54) is 5.56 Å². The minimum absolute atomic E-state index is 0.131. The van der Waals surface area contributed by atoms with E-state index in [-0.39, 0.29) is 12.0 Å². The summed E-state index contributed by atoms with van der Waals surface area (Å²) in [5.74, 6) is 0. The molecule has 0 aromatic heterocycles. The summed E-state index contributed by atoms with van der Waals surface area (Å²) in [7, 11) is 0. The van der Waals surface area contributed by atoms with Gasteiger partial charge >= 0.3 is 0 Å². The third kappa shape index (κ3) is 5.16. The lowest BCUT2D eigenvalue weighted by Gasteiger charge is -2.24. The van der Waals surface area contributed by atoms with Gasteiger partial charge in [-0.1, -0.05) is 50.8 Å². The van der Waals surface area contributed by atoms with Gasteiger partial charge in [0.2, 0.25) is 0 Å². The Morgan fingerprint density at radius 2 is 1.94 bits per heavy atom. The lowest BCUT2D eigenvalue weighted by atomic mass is 9.89. The number of benzene rings is 1. The summed E-state index contributed by atoms with van der Waals surface area (Å²) in [6, 6.07) is 10.2. The largest absolute Gasteiger partial charge is 0.396 e. The maximum atomic E-state index is 8.94. The first-order valence-corrected chi connectivity index (χ1v) is 6.10. The summed E-state index contributed by atoms with van der Waals surface area (Å²) in [5.41, 5.74) is 2.41. The van der Waals surface area contributed by atoms with E-state index < -0.39 is 0 Å². The lowest BCUT2D eigenvalue weighted by Crippen LogP contribution is -2.31. The monoisotopic (exact) mass is 233 g/mol. The third-order valence-electron chi connectivity index (χ3n) is 2.91. The first kappa shape index (κ1) is 13.9. The second-order valence-corrected chi connectivity index (χ2v) is 5.21. The molecular formula is C15H23NO. The van der Waals surface area contributed by atoms with Crippen LogP contribution in [-0.4, -0.2) is 24.8 Å². The Bertz CT molecular complexity index is 343. The Labute approximate surface area is 104 Å². The quantitative estimate of drug-likeness (QED) is 0.759. The minimum Gasteiger partial charge on any atom is -0.396 e. The van der Waals surface area contributed by atoms with Crippen LogP contribution in [0.1, 0.15) is 25.8 Å². The van der Waals surface area contributed by atoms with Crippen LogP contribution in [0.15, 0.2) is 36.9 Å². The van der Waals surface area contributed by atoms with Gasteiger partial charge in [-0.15, -0.1) is 0 Å². The summed E-state index contributed by atoms with van der Waals surface area (Å²) >= 11 is 0. The lowest BCUT2D eigenvalue weighted by molar-refractivity contribution is 0.209. The molecule has 94 valence electrons. The van der Waals surface area contributed by atoms with Crippen LogP contribution in [0, 0.1) is 5.41 Å². The van der Waals surface area contributed by atoms with Gasteiger partial charge in [0.05, 0.1) is 0 Å². The van der Waals surface area contributed by atoms with Crippen LogP contribution in [0.5, 0.6) is 0 Å². The second kappa shape index (κ2) is 6.58. The summed E-state index contributed by atoms with van der Waals surface area (Å²) in [6.07, 6.45) is 0.817. The minimum atomic E-state index is 0.131. The van der Waals surface area contributed by atoms with Gasteiger partial charge in [0.25, 0.3) is 0 Å². The van der Waals surface area contributed by atoms with Crippen LogP contribution >= 0.6 is 0 Å². The van der Waals surface area contributed by atoms with E-state index in [0.29, 0.717) is 0 Å². The van der Waals surface area contributed by atoms with Gasteiger partial charge in [-0.3, -0.25) is 0 Å². The highest BCUT2D eigenvalue weighted by Gasteiger charge is 2.16. The number of nitrogens with one attached hydrogen (secondary N) is 1. The molecule has 0 spiro atoms. The van der Waals surface area contributed by atoms with Crippen molar-refractivity contribution >= 4 is 5.57 Å². The first-order valence-electron chi connectivity index (χ1n) is 6.10. The van der Waals surface area contributed by atoms with E-state index >= 15 is 0 Å². The normalized spacial score (nSPS) is 11.5. The molecule has 0 aliphatic heterocycles. The molecule has 0 bridgehead atoms. The van der Waals surface area contributed by atoms with E-state index in [4.69, 9.17) is 5.11 Å². The fourth-order valence-electron chi connectivity index (χ4n) is 1.72. The Morgan fingerprint density at radius 3 is 2.53 bits per heavy atom. The molecule has 0 amide bonds. The van der Waals surface area contributed by atoms with Gasteiger partial charge in [-0.2, -0.15) is 0 Å². The van der Waals surface area contributed by atoms with Gasteiger partial charge < -0.3 is 10.4 Å². The predicted octanol–water partition coefficient (Wildman–Crippen LogP) is 2.70. The van der Waals surface area contributed by atoms with Crippen LogP contribution in [-0.2, 0) is 0 Å². The SMILES string of the molecule is C=C(CNCC(C)(C)CCO)c1ccccc1. The van der Waals surface area contributed by atoms with Crippen molar-refractivity contribution in [2.24, 2.45) is 5.41 Å². The van der Waals surface area contributed by atoms with Crippen molar-refractivity contribution in [1.82, 2.24) is 5.32 Å². The summed E-state index contributed by atoms with van der Waals surface area (Å²) in [4.78, 5) is 0. The summed E-state index contributed by atoms with van der Waals surface area (Å²) < 4.78 is 0. The van der Waals surface area contributed by atoms with E-state index in [2.05, 4.69) is 37.9 Å². The standard InChI is InChI=1S/C15H23NO/c1-13(14-7-5-4-6-8-14)11-16-12-15(2,3)9-10-17/h4-8,16-17H,1,9-12H2,2-3H3. The molecule has 1 rings (SSSR count).